The van der Waals surface area contributed by atoms with E-state index in [9.17, 15) is 14.4 Å². The Labute approximate surface area is 129 Å². The fourth-order valence-corrected chi connectivity index (χ4v) is 1.86. The zero-order valence-electron chi connectivity index (χ0n) is 12.9. The molecule has 0 radical (unpaired) electrons. The number of benzene rings is 1. The number of carboxylic acid groups (broad SMARTS) is 1. The maximum Gasteiger partial charge on any atom is 0.335 e. The van der Waals surface area contributed by atoms with Gasteiger partial charge in [-0.1, -0.05) is 12.1 Å². The molecule has 6 heteroatoms. The molecule has 6 nitrogen and oxygen atoms in total. The first-order valence-electron chi connectivity index (χ1n) is 7.26. The molecule has 2 amide bonds. The lowest BCUT2D eigenvalue weighted by Crippen LogP contribution is -2.30. The molecule has 0 saturated heterocycles. The van der Waals surface area contributed by atoms with E-state index in [1.807, 2.05) is 13.8 Å². The molecule has 1 aromatic rings. The second-order valence-corrected chi connectivity index (χ2v) is 5.35. The molecule has 22 heavy (non-hydrogen) atoms. The molecule has 1 rings (SSSR count). The van der Waals surface area contributed by atoms with Crippen molar-refractivity contribution in [1.82, 2.24) is 10.6 Å². The molecule has 0 aromatic heterocycles. The average Bonchev–Trinajstić information content (AvgIpc) is 2.44. The minimum absolute atomic E-state index is 0.0490. The van der Waals surface area contributed by atoms with Crippen molar-refractivity contribution in [2.75, 3.05) is 0 Å². The van der Waals surface area contributed by atoms with Crippen LogP contribution < -0.4 is 10.6 Å². The highest BCUT2D eigenvalue weighted by Gasteiger charge is 2.07. The van der Waals surface area contributed by atoms with Crippen LogP contribution in [0.3, 0.4) is 0 Å². The molecule has 0 spiro atoms. The lowest BCUT2D eigenvalue weighted by Gasteiger charge is -2.08. The van der Waals surface area contributed by atoms with Crippen molar-refractivity contribution in [3.8, 4) is 0 Å². The smallest absolute Gasteiger partial charge is 0.335 e. The van der Waals surface area contributed by atoms with E-state index in [0.717, 1.165) is 5.56 Å². The minimum Gasteiger partial charge on any atom is -0.478 e. The molecular formula is C16H22N2O4. The Morgan fingerprint density at radius 1 is 1.05 bits per heavy atom. The van der Waals surface area contributed by atoms with Crippen molar-refractivity contribution in [3.63, 3.8) is 0 Å². The fourth-order valence-electron chi connectivity index (χ4n) is 1.86. The molecule has 0 aliphatic rings. The Hall–Kier alpha value is -2.37. The van der Waals surface area contributed by atoms with Crippen LogP contribution >= 0.6 is 0 Å². The van der Waals surface area contributed by atoms with Gasteiger partial charge < -0.3 is 15.7 Å². The molecule has 0 unspecified atom stereocenters. The first-order valence-corrected chi connectivity index (χ1v) is 7.26. The van der Waals surface area contributed by atoms with Gasteiger partial charge in [-0.25, -0.2) is 4.79 Å². The number of hydrogen-bond donors (Lipinski definition) is 3. The van der Waals surface area contributed by atoms with E-state index in [-0.39, 0.29) is 23.4 Å². The van der Waals surface area contributed by atoms with Gasteiger partial charge in [-0.05, 0) is 38.0 Å². The molecule has 0 bridgehead atoms. The molecule has 1 aromatic carbocycles. The number of carbonyl (C=O) groups excluding carboxylic acids is 2. The number of nitrogens with one attached hydrogen (secondary N) is 2. The highest BCUT2D eigenvalue weighted by Crippen LogP contribution is 2.04. The standard InChI is InChI=1S/C16H22N2O4/c1-11(2)18-15(20)5-3-4-14(19)17-10-12-6-8-13(9-7-12)16(21)22/h6-9,11H,3-5,10H2,1-2H3,(H,17,19)(H,18,20)(H,21,22). The van der Waals surface area contributed by atoms with E-state index < -0.39 is 5.97 Å². The number of aromatic carboxylic acids is 1. The van der Waals surface area contributed by atoms with Crippen LogP contribution in [0.15, 0.2) is 24.3 Å². The predicted octanol–water partition coefficient (Wildman–Crippen LogP) is 1.70. The van der Waals surface area contributed by atoms with Crippen molar-refractivity contribution >= 4 is 17.8 Å². The zero-order valence-corrected chi connectivity index (χ0v) is 12.9. The predicted molar refractivity (Wildman–Crippen MR) is 82.4 cm³/mol. The van der Waals surface area contributed by atoms with E-state index in [2.05, 4.69) is 10.6 Å². The summed E-state index contributed by atoms with van der Waals surface area (Å²) in [4.78, 5) is 33.8. The SMILES string of the molecule is CC(C)NC(=O)CCCC(=O)NCc1ccc(C(=O)O)cc1. The van der Waals surface area contributed by atoms with Gasteiger partial charge in [0.1, 0.15) is 0 Å². The van der Waals surface area contributed by atoms with Crippen LogP contribution in [0.25, 0.3) is 0 Å². The third kappa shape index (κ3) is 6.88. The van der Waals surface area contributed by atoms with Crippen molar-refractivity contribution in [2.45, 2.75) is 45.7 Å². The molecule has 0 saturated carbocycles. The number of carboxylic acids is 1. The molecule has 3 N–H and O–H groups in total. The van der Waals surface area contributed by atoms with Gasteiger partial charge in [0.2, 0.25) is 11.8 Å². The Morgan fingerprint density at radius 2 is 1.64 bits per heavy atom. The average molecular weight is 306 g/mol. The molecule has 0 heterocycles. The van der Waals surface area contributed by atoms with Crippen LogP contribution in [0.2, 0.25) is 0 Å². The Kier molecular flexibility index (Phi) is 7.08. The van der Waals surface area contributed by atoms with Crippen LogP contribution in [0, 0.1) is 0 Å². The first kappa shape index (κ1) is 17.7. The molecule has 0 fully saturated rings. The van der Waals surface area contributed by atoms with E-state index >= 15 is 0 Å². The minimum atomic E-state index is -0.977. The summed E-state index contributed by atoms with van der Waals surface area (Å²) in [5, 5.41) is 14.3. The lowest BCUT2D eigenvalue weighted by atomic mass is 10.1. The van der Waals surface area contributed by atoms with E-state index in [1.165, 1.54) is 12.1 Å². The van der Waals surface area contributed by atoms with Gasteiger partial charge in [0.15, 0.2) is 0 Å². The van der Waals surface area contributed by atoms with E-state index in [1.54, 1.807) is 12.1 Å². The van der Waals surface area contributed by atoms with Crippen LogP contribution in [-0.2, 0) is 16.1 Å². The maximum absolute atomic E-state index is 11.7. The number of carbonyl (C=O) groups is 3. The topological polar surface area (TPSA) is 95.5 Å². The molecule has 120 valence electrons. The highest BCUT2D eigenvalue weighted by atomic mass is 16.4. The third-order valence-electron chi connectivity index (χ3n) is 2.95. The van der Waals surface area contributed by atoms with Crippen molar-refractivity contribution < 1.29 is 19.5 Å². The summed E-state index contributed by atoms with van der Waals surface area (Å²) in [6.07, 6.45) is 1.12. The van der Waals surface area contributed by atoms with Crippen molar-refractivity contribution in [1.29, 1.82) is 0 Å². The van der Waals surface area contributed by atoms with Crippen LogP contribution in [-0.4, -0.2) is 28.9 Å². The molecule has 0 aliphatic heterocycles. The monoisotopic (exact) mass is 306 g/mol. The van der Waals surface area contributed by atoms with Gasteiger partial charge in [0.05, 0.1) is 5.56 Å². The second-order valence-electron chi connectivity index (χ2n) is 5.35. The summed E-state index contributed by atoms with van der Waals surface area (Å²) in [5.74, 6) is -1.15. The van der Waals surface area contributed by atoms with Crippen molar-refractivity contribution in [2.24, 2.45) is 0 Å². The summed E-state index contributed by atoms with van der Waals surface area (Å²) < 4.78 is 0. The van der Waals surface area contributed by atoms with Crippen molar-refractivity contribution in [3.05, 3.63) is 35.4 Å². The van der Waals surface area contributed by atoms with E-state index in [0.29, 0.717) is 25.8 Å². The first-order chi connectivity index (χ1) is 10.4. The Bertz CT molecular complexity index is 523. The third-order valence-corrected chi connectivity index (χ3v) is 2.95. The van der Waals surface area contributed by atoms with E-state index in [4.69, 9.17) is 5.11 Å². The van der Waals surface area contributed by atoms with Gasteiger partial charge in [-0.2, -0.15) is 0 Å². The van der Waals surface area contributed by atoms with Crippen LogP contribution in [0.1, 0.15) is 49.0 Å². The summed E-state index contributed by atoms with van der Waals surface area (Å²) in [6.45, 7) is 4.12. The summed E-state index contributed by atoms with van der Waals surface area (Å²) >= 11 is 0. The number of hydrogen-bond acceptors (Lipinski definition) is 3. The number of rotatable bonds is 8. The quantitative estimate of drug-likeness (QED) is 0.681. The maximum atomic E-state index is 11.7. The van der Waals surface area contributed by atoms with Crippen LogP contribution in [0.5, 0.6) is 0 Å². The van der Waals surface area contributed by atoms with Gasteiger partial charge >= 0.3 is 5.97 Å². The van der Waals surface area contributed by atoms with Crippen LogP contribution in [0.4, 0.5) is 0 Å². The molecule has 0 atom stereocenters. The molecule has 0 aliphatic carbocycles. The Morgan fingerprint density at radius 3 is 2.18 bits per heavy atom. The van der Waals surface area contributed by atoms with Gasteiger partial charge in [0.25, 0.3) is 0 Å². The van der Waals surface area contributed by atoms with Gasteiger partial charge in [0, 0.05) is 25.4 Å². The summed E-state index contributed by atoms with van der Waals surface area (Å²) in [7, 11) is 0. The summed E-state index contributed by atoms with van der Waals surface area (Å²) in [5.41, 5.74) is 1.04. The second kappa shape index (κ2) is 8.81. The zero-order chi connectivity index (χ0) is 16.5. The number of amides is 2. The largest absolute Gasteiger partial charge is 0.478 e. The Balaban J connectivity index is 2.25. The van der Waals surface area contributed by atoms with Gasteiger partial charge in [-0.3, -0.25) is 9.59 Å². The lowest BCUT2D eigenvalue weighted by molar-refractivity contribution is -0.122. The fraction of sp³-hybridized carbons (Fsp3) is 0.438. The highest BCUT2D eigenvalue weighted by molar-refractivity contribution is 5.87. The molecular weight excluding hydrogens is 284 g/mol. The van der Waals surface area contributed by atoms with Gasteiger partial charge in [-0.15, -0.1) is 0 Å². The summed E-state index contributed by atoms with van der Waals surface area (Å²) in [6, 6.07) is 6.44. The normalized spacial score (nSPS) is 10.3.